The number of aryl methyl sites for hydroxylation is 2. The number of sulfonamides is 1. The molecule has 5 nitrogen and oxygen atoms in total. The molecule has 0 aliphatic rings. The minimum Gasteiger partial charge on any atom is -0.497 e. The van der Waals surface area contributed by atoms with Gasteiger partial charge >= 0.3 is 0 Å². The first kappa shape index (κ1) is 15.9. The molecule has 0 spiro atoms. The fourth-order valence-corrected chi connectivity index (χ4v) is 4.48. The number of rotatable bonds is 5. The van der Waals surface area contributed by atoms with Crippen molar-refractivity contribution in [3.8, 4) is 5.75 Å². The number of benzene rings is 1. The van der Waals surface area contributed by atoms with Crippen LogP contribution in [0.1, 0.15) is 16.1 Å². The second-order valence-electron chi connectivity index (χ2n) is 4.78. The summed E-state index contributed by atoms with van der Waals surface area (Å²) in [6.07, 6.45) is 1.67. The summed E-state index contributed by atoms with van der Waals surface area (Å²) in [7, 11) is -0.421. The molecule has 1 aromatic heterocycles. The standard InChI is InChI=1S/C14H18N2O3S2/c1-10-7-12(19-4)8-11(2)14(10)21(17,18)16(3)9-13-15-5-6-20-13/h5-8H,9H2,1-4H3. The predicted octanol–water partition coefficient (Wildman–Crippen LogP) is 2.59. The van der Waals surface area contributed by atoms with Crippen LogP contribution in [-0.4, -0.2) is 31.9 Å². The maximum Gasteiger partial charge on any atom is 0.243 e. The van der Waals surface area contributed by atoms with Crippen molar-refractivity contribution in [2.45, 2.75) is 25.3 Å². The zero-order chi connectivity index (χ0) is 15.6. The minimum atomic E-state index is -3.56. The summed E-state index contributed by atoms with van der Waals surface area (Å²) >= 11 is 1.44. The molecule has 2 rings (SSSR count). The third-order valence-corrected chi connectivity index (χ3v) is 6.05. The first-order valence-electron chi connectivity index (χ1n) is 6.36. The molecule has 1 heterocycles. The van der Waals surface area contributed by atoms with Crippen LogP contribution in [0.4, 0.5) is 0 Å². The van der Waals surface area contributed by atoms with E-state index in [1.807, 2.05) is 5.38 Å². The highest BCUT2D eigenvalue weighted by Gasteiger charge is 2.26. The molecule has 2 aromatic rings. The zero-order valence-corrected chi connectivity index (χ0v) is 14.1. The summed E-state index contributed by atoms with van der Waals surface area (Å²) in [4.78, 5) is 4.46. The first-order chi connectivity index (χ1) is 9.86. The fourth-order valence-electron chi connectivity index (χ4n) is 2.20. The normalized spacial score (nSPS) is 11.9. The van der Waals surface area contributed by atoms with Crippen LogP contribution in [0.2, 0.25) is 0 Å². The Bertz CT molecular complexity index is 702. The highest BCUT2D eigenvalue weighted by Crippen LogP contribution is 2.28. The Hall–Kier alpha value is -1.44. The van der Waals surface area contributed by atoms with Crippen LogP contribution >= 0.6 is 11.3 Å². The number of ether oxygens (including phenoxy) is 1. The van der Waals surface area contributed by atoms with E-state index in [9.17, 15) is 8.42 Å². The molecule has 7 heteroatoms. The van der Waals surface area contributed by atoms with E-state index in [0.717, 1.165) is 5.01 Å². The third kappa shape index (κ3) is 3.25. The minimum absolute atomic E-state index is 0.269. The van der Waals surface area contributed by atoms with Crippen LogP contribution in [0, 0.1) is 13.8 Å². The smallest absolute Gasteiger partial charge is 0.243 e. The van der Waals surface area contributed by atoms with Gasteiger partial charge in [-0.25, -0.2) is 13.4 Å². The molecule has 0 radical (unpaired) electrons. The number of aromatic nitrogens is 1. The molecule has 0 fully saturated rings. The molecule has 21 heavy (non-hydrogen) atoms. The highest BCUT2D eigenvalue weighted by atomic mass is 32.2. The monoisotopic (exact) mass is 326 g/mol. The largest absolute Gasteiger partial charge is 0.497 e. The maximum atomic E-state index is 12.8. The van der Waals surface area contributed by atoms with Gasteiger partial charge in [0, 0.05) is 18.6 Å². The Morgan fingerprint density at radius 2 is 1.90 bits per heavy atom. The van der Waals surface area contributed by atoms with Crippen LogP contribution in [0.3, 0.4) is 0 Å². The number of methoxy groups -OCH3 is 1. The van der Waals surface area contributed by atoms with Crippen LogP contribution in [0.5, 0.6) is 5.75 Å². The summed E-state index contributed by atoms with van der Waals surface area (Å²) in [5.41, 5.74) is 1.36. The molecule has 1 aromatic carbocycles. The number of hydrogen-bond acceptors (Lipinski definition) is 5. The lowest BCUT2D eigenvalue weighted by Gasteiger charge is -2.19. The maximum absolute atomic E-state index is 12.8. The second kappa shape index (κ2) is 6.13. The lowest BCUT2D eigenvalue weighted by Crippen LogP contribution is -2.27. The zero-order valence-electron chi connectivity index (χ0n) is 12.5. The Labute approximate surface area is 129 Å². The molecule has 114 valence electrons. The van der Waals surface area contributed by atoms with Gasteiger partial charge in [0.05, 0.1) is 18.6 Å². The molecule has 0 aliphatic carbocycles. The van der Waals surface area contributed by atoms with Gasteiger partial charge < -0.3 is 4.74 Å². The van der Waals surface area contributed by atoms with Crippen molar-refractivity contribution >= 4 is 21.4 Å². The Morgan fingerprint density at radius 3 is 2.38 bits per heavy atom. The quantitative estimate of drug-likeness (QED) is 0.847. The van der Waals surface area contributed by atoms with Crippen molar-refractivity contribution in [3.63, 3.8) is 0 Å². The Balaban J connectivity index is 2.39. The number of nitrogens with zero attached hydrogens (tertiary/aromatic N) is 2. The summed E-state index contributed by atoms with van der Waals surface area (Å²) in [6, 6.07) is 3.47. The molecule has 0 saturated heterocycles. The van der Waals surface area contributed by atoms with Gasteiger partial charge in [0.25, 0.3) is 0 Å². The van der Waals surface area contributed by atoms with Crippen LogP contribution < -0.4 is 4.74 Å². The van der Waals surface area contributed by atoms with Gasteiger partial charge in [-0.3, -0.25) is 0 Å². The van der Waals surface area contributed by atoms with Gasteiger partial charge in [0.15, 0.2) is 0 Å². The van der Waals surface area contributed by atoms with Crippen molar-refractivity contribution in [2.75, 3.05) is 14.2 Å². The van der Waals surface area contributed by atoms with Crippen molar-refractivity contribution in [1.82, 2.24) is 9.29 Å². The van der Waals surface area contributed by atoms with E-state index in [1.54, 1.807) is 46.3 Å². The van der Waals surface area contributed by atoms with Crippen molar-refractivity contribution in [2.24, 2.45) is 0 Å². The Kier molecular flexibility index (Phi) is 4.65. The number of thiazole rings is 1. The van der Waals surface area contributed by atoms with E-state index in [4.69, 9.17) is 4.74 Å². The van der Waals surface area contributed by atoms with E-state index in [-0.39, 0.29) is 6.54 Å². The van der Waals surface area contributed by atoms with Crippen LogP contribution in [-0.2, 0) is 16.6 Å². The van der Waals surface area contributed by atoms with E-state index in [2.05, 4.69) is 4.98 Å². The van der Waals surface area contributed by atoms with Gasteiger partial charge in [-0.15, -0.1) is 11.3 Å². The van der Waals surface area contributed by atoms with Gasteiger partial charge in [-0.1, -0.05) is 0 Å². The lowest BCUT2D eigenvalue weighted by atomic mass is 10.1. The molecule has 0 N–H and O–H groups in total. The molecule has 0 atom stereocenters. The SMILES string of the molecule is COc1cc(C)c(S(=O)(=O)N(C)Cc2nccs2)c(C)c1. The van der Waals surface area contributed by atoms with Crippen molar-refractivity contribution in [3.05, 3.63) is 39.8 Å². The molecule has 0 amide bonds. The molecule has 0 bridgehead atoms. The summed E-state index contributed by atoms with van der Waals surface area (Å²) < 4.78 is 32.0. The summed E-state index contributed by atoms with van der Waals surface area (Å²) in [5, 5.41) is 2.60. The van der Waals surface area contributed by atoms with Crippen molar-refractivity contribution in [1.29, 1.82) is 0 Å². The second-order valence-corrected chi connectivity index (χ2v) is 7.74. The fraction of sp³-hybridized carbons (Fsp3) is 0.357. The predicted molar refractivity (Wildman–Crippen MR) is 83.2 cm³/mol. The molecule has 0 aliphatic heterocycles. The van der Waals surface area contributed by atoms with Gasteiger partial charge in [0.2, 0.25) is 10.0 Å². The molecular weight excluding hydrogens is 308 g/mol. The van der Waals surface area contributed by atoms with E-state index in [1.165, 1.54) is 15.6 Å². The highest BCUT2D eigenvalue weighted by molar-refractivity contribution is 7.89. The van der Waals surface area contributed by atoms with Gasteiger partial charge in [-0.2, -0.15) is 4.31 Å². The van der Waals surface area contributed by atoms with Crippen LogP contribution in [0.15, 0.2) is 28.6 Å². The third-order valence-electron chi connectivity index (χ3n) is 3.18. The van der Waals surface area contributed by atoms with Crippen LogP contribution in [0.25, 0.3) is 0 Å². The van der Waals surface area contributed by atoms with Crippen molar-refractivity contribution < 1.29 is 13.2 Å². The summed E-state index contributed by atoms with van der Waals surface area (Å²) in [5.74, 6) is 0.659. The average Bonchev–Trinajstić information content (AvgIpc) is 2.90. The first-order valence-corrected chi connectivity index (χ1v) is 8.68. The van der Waals surface area contributed by atoms with E-state index >= 15 is 0 Å². The van der Waals surface area contributed by atoms with E-state index in [0.29, 0.717) is 21.8 Å². The topological polar surface area (TPSA) is 59.5 Å². The summed E-state index contributed by atoms with van der Waals surface area (Å²) in [6.45, 7) is 3.82. The molecular formula is C14H18N2O3S2. The number of hydrogen-bond donors (Lipinski definition) is 0. The Morgan fingerprint density at radius 1 is 1.29 bits per heavy atom. The molecule has 0 unspecified atom stereocenters. The van der Waals surface area contributed by atoms with Gasteiger partial charge in [-0.05, 0) is 37.1 Å². The lowest BCUT2D eigenvalue weighted by molar-refractivity contribution is 0.413. The average molecular weight is 326 g/mol. The van der Waals surface area contributed by atoms with E-state index < -0.39 is 10.0 Å². The van der Waals surface area contributed by atoms with Gasteiger partial charge in [0.1, 0.15) is 10.8 Å². The molecule has 0 saturated carbocycles.